The Hall–Kier alpha value is -3.53. The van der Waals surface area contributed by atoms with Gasteiger partial charge in [-0.05, 0) is 6.92 Å². The van der Waals surface area contributed by atoms with Gasteiger partial charge >= 0.3 is 0 Å². The minimum Gasteiger partial charge on any atom is -0.353 e. The van der Waals surface area contributed by atoms with Crippen LogP contribution in [0.1, 0.15) is 11.4 Å². The summed E-state index contributed by atoms with van der Waals surface area (Å²) >= 11 is 0. The van der Waals surface area contributed by atoms with E-state index in [1.54, 1.807) is 12.4 Å². The van der Waals surface area contributed by atoms with E-state index in [2.05, 4.69) is 30.8 Å². The van der Waals surface area contributed by atoms with Crippen LogP contribution in [0, 0.1) is 18.3 Å². The summed E-state index contributed by atoms with van der Waals surface area (Å²) in [6.45, 7) is 5.11. The van der Waals surface area contributed by atoms with E-state index in [0.29, 0.717) is 11.5 Å². The smallest absolute Gasteiger partial charge is 0.183 e. The monoisotopic (exact) mass is 357 g/mol. The van der Waals surface area contributed by atoms with Crippen molar-refractivity contribution in [2.45, 2.75) is 6.92 Å². The molecule has 0 amide bonds. The zero-order valence-corrected chi connectivity index (χ0v) is 15.1. The molecule has 1 aromatic carbocycles. The highest BCUT2D eigenvalue weighted by Crippen LogP contribution is 2.22. The highest BCUT2D eigenvalue weighted by atomic mass is 15.3. The summed E-state index contributed by atoms with van der Waals surface area (Å²) in [4.78, 5) is 22.2. The van der Waals surface area contributed by atoms with Crippen LogP contribution in [-0.4, -0.2) is 46.1 Å². The van der Waals surface area contributed by atoms with Gasteiger partial charge in [0.15, 0.2) is 17.3 Å². The van der Waals surface area contributed by atoms with Crippen molar-refractivity contribution >= 4 is 11.6 Å². The van der Waals surface area contributed by atoms with Crippen LogP contribution >= 0.6 is 0 Å². The van der Waals surface area contributed by atoms with Crippen LogP contribution in [0.5, 0.6) is 0 Å². The Morgan fingerprint density at radius 2 is 1.63 bits per heavy atom. The Kier molecular flexibility index (Phi) is 4.62. The van der Waals surface area contributed by atoms with Crippen molar-refractivity contribution < 1.29 is 0 Å². The fourth-order valence-corrected chi connectivity index (χ4v) is 3.22. The zero-order chi connectivity index (χ0) is 18.6. The van der Waals surface area contributed by atoms with Gasteiger partial charge in [-0.25, -0.2) is 19.9 Å². The quantitative estimate of drug-likeness (QED) is 0.712. The molecule has 3 aromatic rings. The standard InChI is InChI=1S/C20H19N7/c1-15-13-18(25-19(24-15)16-5-3-2-4-6-16)26-9-11-27(12-10-26)20-17(14-21)22-7-8-23-20/h2-8,13H,9-12H2,1H3. The summed E-state index contributed by atoms with van der Waals surface area (Å²) in [6, 6.07) is 14.2. The molecule has 1 saturated heterocycles. The molecule has 0 bridgehead atoms. The summed E-state index contributed by atoms with van der Waals surface area (Å²) in [5.74, 6) is 2.33. The molecule has 27 heavy (non-hydrogen) atoms. The van der Waals surface area contributed by atoms with E-state index in [9.17, 15) is 5.26 Å². The van der Waals surface area contributed by atoms with Gasteiger partial charge in [-0.2, -0.15) is 5.26 Å². The van der Waals surface area contributed by atoms with Crippen LogP contribution in [0.4, 0.5) is 11.6 Å². The highest BCUT2D eigenvalue weighted by Gasteiger charge is 2.22. The van der Waals surface area contributed by atoms with Crippen LogP contribution in [0.2, 0.25) is 0 Å². The SMILES string of the molecule is Cc1cc(N2CCN(c3nccnc3C#N)CC2)nc(-c2ccccc2)n1. The fraction of sp³-hybridized carbons (Fsp3) is 0.250. The lowest BCUT2D eigenvalue weighted by Gasteiger charge is -2.36. The number of aromatic nitrogens is 4. The number of piperazine rings is 1. The van der Waals surface area contributed by atoms with Crippen LogP contribution < -0.4 is 9.80 Å². The lowest BCUT2D eigenvalue weighted by atomic mass is 10.2. The third kappa shape index (κ3) is 3.55. The number of hydrogen-bond donors (Lipinski definition) is 0. The van der Waals surface area contributed by atoms with Crippen LogP contribution in [0.3, 0.4) is 0 Å². The molecule has 0 atom stereocenters. The van der Waals surface area contributed by atoms with Gasteiger partial charge in [0.1, 0.15) is 11.9 Å². The van der Waals surface area contributed by atoms with Gasteiger partial charge in [0, 0.05) is 55.9 Å². The van der Waals surface area contributed by atoms with Gasteiger partial charge in [-0.15, -0.1) is 0 Å². The van der Waals surface area contributed by atoms with Gasteiger partial charge in [-0.3, -0.25) is 0 Å². The largest absolute Gasteiger partial charge is 0.353 e. The maximum Gasteiger partial charge on any atom is 0.183 e. The number of benzene rings is 1. The predicted octanol–water partition coefficient (Wildman–Crippen LogP) is 2.44. The minimum atomic E-state index is 0.371. The topological polar surface area (TPSA) is 81.8 Å². The van der Waals surface area contributed by atoms with E-state index in [-0.39, 0.29) is 0 Å². The van der Waals surface area contributed by atoms with Crippen molar-refractivity contribution in [3.8, 4) is 17.5 Å². The van der Waals surface area contributed by atoms with Gasteiger partial charge in [0.05, 0.1) is 0 Å². The number of anilines is 2. The molecule has 0 N–H and O–H groups in total. The highest BCUT2D eigenvalue weighted by molar-refractivity contribution is 5.58. The molecule has 0 unspecified atom stereocenters. The molecule has 7 nitrogen and oxygen atoms in total. The zero-order valence-electron chi connectivity index (χ0n) is 15.1. The molecule has 0 radical (unpaired) electrons. The second-order valence-corrected chi connectivity index (χ2v) is 6.37. The number of nitriles is 1. The lowest BCUT2D eigenvalue weighted by molar-refractivity contribution is 0.639. The second kappa shape index (κ2) is 7.38. The molecule has 4 rings (SSSR count). The Bertz CT molecular complexity index is 973. The summed E-state index contributed by atoms with van der Waals surface area (Å²) in [7, 11) is 0. The molecule has 1 aliphatic rings. The first-order valence-electron chi connectivity index (χ1n) is 8.87. The lowest BCUT2D eigenvalue weighted by Crippen LogP contribution is -2.47. The Morgan fingerprint density at radius 3 is 2.37 bits per heavy atom. The van der Waals surface area contributed by atoms with Crippen molar-refractivity contribution in [3.05, 3.63) is 60.2 Å². The molecule has 0 spiro atoms. The maximum absolute atomic E-state index is 9.24. The maximum atomic E-state index is 9.24. The van der Waals surface area contributed by atoms with Crippen LogP contribution in [0.25, 0.3) is 11.4 Å². The van der Waals surface area contributed by atoms with E-state index in [1.165, 1.54) is 0 Å². The molecule has 7 heteroatoms. The van der Waals surface area contributed by atoms with E-state index >= 15 is 0 Å². The third-order valence-electron chi connectivity index (χ3n) is 4.56. The molecule has 2 aromatic heterocycles. The van der Waals surface area contributed by atoms with Crippen molar-refractivity contribution in [1.82, 2.24) is 19.9 Å². The van der Waals surface area contributed by atoms with E-state index in [1.807, 2.05) is 43.3 Å². The Morgan fingerprint density at radius 1 is 0.926 bits per heavy atom. The molecule has 1 fully saturated rings. The number of hydrogen-bond acceptors (Lipinski definition) is 7. The van der Waals surface area contributed by atoms with Crippen molar-refractivity contribution in [2.24, 2.45) is 0 Å². The van der Waals surface area contributed by atoms with Gasteiger partial charge in [0.25, 0.3) is 0 Å². The van der Waals surface area contributed by atoms with Crippen molar-refractivity contribution in [3.63, 3.8) is 0 Å². The summed E-state index contributed by atoms with van der Waals surface area (Å²) < 4.78 is 0. The van der Waals surface area contributed by atoms with Crippen LogP contribution in [-0.2, 0) is 0 Å². The summed E-state index contributed by atoms with van der Waals surface area (Å²) in [5, 5.41) is 9.24. The molecule has 1 aliphatic heterocycles. The first-order chi connectivity index (χ1) is 13.2. The van der Waals surface area contributed by atoms with E-state index in [4.69, 9.17) is 4.98 Å². The van der Waals surface area contributed by atoms with Crippen molar-refractivity contribution in [1.29, 1.82) is 5.26 Å². The third-order valence-corrected chi connectivity index (χ3v) is 4.56. The molecule has 0 saturated carbocycles. The Balaban J connectivity index is 1.53. The fourth-order valence-electron chi connectivity index (χ4n) is 3.22. The first-order valence-corrected chi connectivity index (χ1v) is 8.87. The average molecular weight is 357 g/mol. The van der Waals surface area contributed by atoms with Gasteiger partial charge < -0.3 is 9.80 Å². The molecular weight excluding hydrogens is 338 g/mol. The molecular formula is C20H19N7. The first kappa shape index (κ1) is 16.9. The number of aryl methyl sites for hydroxylation is 1. The van der Waals surface area contributed by atoms with E-state index in [0.717, 1.165) is 49.1 Å². The number of rotatable bonds is 3. The van der Waals surface area contributed by atoms with Crippen LogP contribution in [0.15, 0.2) is 48.8 Å². The average Bonchev–Trinajstić information content (AvgIpc) is 2.74. The summed E-state index contributed by atoms with van der Waals surface area (Å²) in [5.41, 5.74) is 2.33. The number of nitrogens with zero attached hydrogens (tertiary/aromatic N) is 7. The summed E-state index contributed by atoms with van der Waals surface area (Å²) in [6.07, 6.45) is 3.18. The van der Waals surface area contributed by atoms with E-state index < -0.39 is 0 Å². The second-order valence-electron chi connectivity index (χ2n) is 6.37. The molecule has 0 aliphatic carbocycles. The molecule has 3 heterocycles. The van der Waals surface area contributed by atoms with Gasteiger partial charge in [0.2, 0.25) is 0 Å². The van der Waals surface area contributed by atoms with Gasteiger partial charge in [-0.1, -0.05) is 30.3 Å². The minimum absolute atomic E-state index is 0.371. The molecule has 134 valence electrons. The van der Waals surface area contributed by atoms with Crippen molar-refractivity contribution in [2.75, 3.05) is 36.0 Å². The Labute approximate surface area is 158 Å². The normalized spacial score (nSPS) is 14.1. The predicted molar refractivity (Wildman–Crippen MR) is 103 cm³/mol.